The zero-order valence-electron chi connectivity index (χ0n) is 10.9. The van der Waals surface area contributed by atoms with Crippen molar-refractivity contribution in [2.24, 2.45) is 23.7 Å². The standard InChI is InChI=1S/C15H27Cl/c1-11-8-9-13(10-12(11)2)14-6-4-3-5-7-15(14)16/h11-15H,3-10H2,1-2H3. The van der Waals surface area contributed by atoms with Crippen LogP contribution in [0.4, 0.5) is 0 Å². The summed E-state index contributed by atoms with van der Waals surface area (Å²) in [4.78, 5) is 0. The van der Waals surface area contributed by atoms with Gasteiger partial charge in [0.05, 0.1) is 0 Å². The molecular weight excluding hydrogens is 216 g/mol. The van der Waals surface area contributed by atoms with Crippen molar-refractivity contribution in [3.8, 4) is 0 Å². The van der Waals surface area contributed by atoms with Crippen molar-refractivity contribution in [2.75, 3.05) is 0 Å². The highest BCUT2D eigenvalue weighted by molar-refractivity contribution is 6.20. The van der Waals surface area contributed by atoms with E-state index in [4.69, 9.17) is 11.6 Å². The van der Waals surface area contributed by atoms with E-state index in [1.165, 1.54) is 51.4 Å². The molecule has 0 amide bonds. The lowest BCUT2D eigenvalue weighted by Crippen LogP contribution is -2.30. The number of rotatable bonds is 1. The van der Waals surface area contributed by atoms with Gasteiger partial charge in [0.2, 0.25) is 0 Å². The Kier molecular flexibility index (Phi) is 4.58. The van der Waals surface area contributed by atoms with Gasteiger partial charge in [-0.1, -0.05) is 39.5 Å². The fourth-order valence-electron chi connectivity index (χ4n) is 3.80. The Labute approximate surface area is 106 Å². The summed E-state index contributed by atoms with van der Waals surface area (Å²) in [5.74, 6) is 3.63. The fourth-order valence-corrected chi connectivity index (χ4v) is 4.29. The fraction of sp³-hybridized carbons (Fsp3) is 1.00. The highest BCUT2D eigenvalue weighted by Gasteiger charge is 2.34. The van der Waals surface area contributed by atoms with E-state index in [0.29, 0.717) is 5.38 Å². The normalized spacial score (nSPS) is 46.3. The summed E-state index contributed by atoms with van der Waals surface area (Å²) in [5, 5.41) is 0.480. The Morgan fingerprint density at radius 3 is 2.31 bits per heavy atom. The molecule has 2 aliphatic rings. The van der Waals surface area contributed by atoms with Crippen molar-refractivity contribution in [1.82, 2.24) is 0 Å². The quantitative estimate of drug-likeness (QED) is 0.435. The lowest BCUT2D eigenvalue weighted by molar-refractivity contribution is 0.148. The van der Waals surface area contributed by atoms with Crippen LogP contribution in [0.25, 0.3) is 0 Å². The molecule has 5 atom stereocenters. The van der Waals surface area contributed by atoms with Crippen LogP contribution in [0.3, 0.4) is 0 Å². The Morgan fingerprint density at radius 2 is 1.56 bits per heavy atom. The first-order valence-electron chi connectivity index (χ1n) is 7.32. The first-order chi connectivity index (χ1) is 7.68. The molecule has 94 valence electrons. The van der Waals surface area contributed by atoms with Crippen molar-refractivity contribution in [2.45, 2.75) is 70.6 Å². The molecule has 0 nitrogen and oxygen atoms in total. The first-order valence-corrected chi connectivity index (χ1v) is 7.76. The average Bonchev–Trinajstić information content (AvgIpc) is 2.47. The number of hydrogen-bond donors (Lipinski definition) is 0. The van der Waals surface area contributed by atoms with E-state index in [0.717, 1.165) is 23.7 Å². The van der Waals surface area contributed by atoms with Crippen molar-refractivity contribution in [3.05, 3.63) is 0 Å². The summed E-state index contributed by atoms with van der Waals surface area (Å²) in [6.45, 7) is 4.86. The third-order valence-electron chi connectivity index (χ3n) is 5.23. The highest BCUT2D eigenvalue weighted by Crippen LogP contribution is 2.43. The number of alkyl halides is 1. The lowest BCUT2D eigenvalue weighted by Gasteiger charge is -2.38. The molecule has 2 saturated carbocycles. The summed E-state index contributed by atoms with van der Waals surface area (Å²) in [7, 11) is 0. The topological polar surface area (TPSA) is 0 Å². The van der Waals surface area contributed by atoms with Crippen LogP contribution >= 0.6 is 11.6 Å². The Balaban J connectivity index is 1.94. The molecule has 1 heteroatoms. The first kappa shape index (κ1) is 12.7. The van der Waals surface area contributed by atoms with Crippen LogP contribution in [-0.4, -0.2) is 5.38 Å². The second-order valence-corrected chi connectivity index (χ2v) is 6.91. The molecule has 5 unspecified atom stereocenters. The molecule has 2 fully saturated rings. The summed E-state index contributed by atoms with van der Waals surface area (Å²) >= 11 is 6.60. The Bertz CT molecular complexity index is 213. The molecule has 0 spiro atoms. The van der Waals surface area contributed by atoms with Gasteiger partial charge in [-0.25, -0.2) is 0 Å². The van der Waals surface area contributed by atoms with E-state index in [9.17, 15) is 0 Å². The Morgan fingerprint density at radius 1 is 0.812 bits per heavy atom. The number of hydrogen-bond acceptors (Lipinski definition) is 0. The molecule has 0 aromatic heterocycles. The monoisotopic (exact) mass is 242 g/mol. The predicted molar refractivity (Wildman–Crippen MR) is 71.9 cm³/mol. The maximum Gasteiger partial charge on any atom is 0.0366 e. The van der Waals surface area contributed by atoms with Crippen LogP contribution in [0, 0.1) is 23.7 Å². The van der Waals surface area contributed by atoms with Crippen molar-refractivity contribution in [1.29, 1.82) is 0 Å². The van der Waals surface area contributed by atoms with Gasteiger partial charge in [-0.3, -0.25) is 0 Å². The van der Waals surface area contributed by atoms with E-state index in [1.54, 1.807) is 0 Å². The van der Waals surface area contributed by atoms with Crippen LogP contribution in [0.2, 0.25) is 0 Å². The van der Waals surface area contributed by atoms with Gasteiger partial charge in [0.1, 0.15) is 0 Å². The molecule has 0 N–H and O–H groups in total. The van der Waals surface area contributed by atoms with Crippen LogP contribution < -0.4 is 0 Å². The van der Waals surface area contributed by atoms with E-state index in [-0.39, 0.29) is 0 Å². The summed E-state index contributed by atoms with van der Waals surface area (Å²) in [5.41, 5.74) is 0. The van der Waals surface area contributed by atoms with Crippen molar-refractivity contribution in [3.63, 3.8) is 0 Å². The lowest BCUT2D eigenvalue weighted by atomic mass is 9.69. The van der Waals surface area contributed by atoms with Crippen molar-refractivity contribution >= 4 is 11.6 Å². The molecule has 0 bridgehead atoms. The minimum absolute atomic E-state index is 0.480. The van der Waals surface area contributed by atoms with Gasteiger partial charge in [0.15, 0.2) is 0 Å². The largest absolute Gasteiger partial charge is 0.123 e. The SMILES string of the molecule is CC1CCC(C2CCCCCC2Cl)CC1C. The highest BCUT2D eigenvalue weighted by atomic mass is 35.5. The molecule has 0 heterocycles. The molecule has 16 heavy (non-hydrogen) atoms. The maximum atomic E-state index is 6.60. The average molecular weight is 243 g/mol. The maximum absolute atomic E-state index is 6.60. The zero-order valence-corrected chi connectivity index (χ0v) is 11.7. The third-order valence-corrected chi connectivity index (χ3v) is 5.77. The van der Waals surface area contributed by atoms with E-state index in [2.05, 4.69) is 13.8 Å². The molecule has 0 radical (unpaired) electrons. The third kappa shape index (κ3) is 2.94. The molecule has 2 aliphatic carbocycles. The van der Waals surface area contributed by atoms with Gasteiger partial charge < -0.3 is 0 Å². The van der Waals surface area contributed by atoms with E-state index >= 15 is 0 Å². The number of halogens is 1. The van der Waals surface area contributed by atoms with E-state index < -0.39 is 0 Å². The minimum atomic E-state index is 0.480. The van der Waals surface area contributed by atoms with Crippen LogP contribution in [0.1, 0.15) is 65.2 Å². The van der Waals surface area contributed by atoms with Gasteiger partial charge in [-0.15, -0.1) is 11.6 Å². The smallest absolute Gasteiger partial charge is 0.0366 e. The van der Waals surface area contributed by atoms with Gasteiger partial charge >= 0.3 is 0 Å². The minimum Gasteiger partial charge on any atom is -0.123 e. The summed E-state index contributed by atoms with van der Waals surface area (Å²) < 4.78 is 0. The van der Waals surface area contributed by atoms with Gasteiger partial charge in [-0.05, 0) is 49.4 Å². The molecule has 0 aliphatic heterocycles. The Hall–Kier alpha value is 0.290. The molecular formula is C15H27Cl. The van der Waals surface area contributed by atoms with Crippen LogP contribution in [-0.2, 0) is 0 Å². The zero-order chi connectivity index (χ0) is 11.5. The van der Waals surface area contributed by atoms with E-state index in [1.807, 2.05) is 0 Å². The summed E-state index contributed by atoms with van der Waals surface area (Å²) in [6, 6.07) is 0. The second-order valence-electron chi connectivity index (χ2n) is 6.35. The van der Waals surface area contributed by atoms with Gasteiger partial charge in [0, 0.05) is 5.38 Å². The van der Waals surface area contributed by atoms with Crippen molar-refractivity contribution < 1.29 is 0 Å². The van der Waals surface area contributed by atoms with Crippen LogP contribution in [0.15, 0.2) is 0 Å². The van der Waals surface area contributed by atoms with Gasteiger partial charge in [0.25, 0.3) is 0 Å². The molecule has 0 saturated heterocycles. The van der Waals surface area contributed by atoms with Crippen LogP contribution in [0.5, 0.6) is 0 Å². The molecule has 2 rings (SSSR count). The predicted octanol–water partition coefficient (Wildman–Crippen LogP) is 5.25. The molecule has 0 aromatic carbocycles. The second kappa shape index (κ2) is 5.76. The molecule has 0 aromatic rings. The van der Waals surface area contributed by atoms with Gasteiger partial charge in [-0.2, -0.15) is 0 Å². The summed E-state index contributed by atoms with van der Waals surface area (Å²) in [6.07, 6.45) is 11.2.